The maximum Gasteiger partial charge on any atom is 0.295 e. The second kappa shape index (κ2) is 8.11. The van der Waals surface area contributed by atoms with Crippen molar-refractivity contribution >= 4 is 17.4 Å². The Morgan fingerprint density at radius 1 is 0.966 bits per heavy atom. The predicted octanol–water partition coefficient (Wildman–Crippen LogP) is 4.87. The van der Waals surface area contributed by atoms with Crippen LogP contribution in [0.2, 0.25) is 0 Å². The van der Waals surface area contributed by atoms with Crippen LogP contribution in [0.15, 0.2) is 81.4 Å². The van der Waals surface area contributed by atoms with Crippen LogP contribution < -0.4 is 4.74 Å². The standard InChI is InChI=1S/C20H14N4O4S/c1-27-15-9-7-14(8-10-15)19-22-23-20(28-19)29-17-12-11-16(24(25)26)18(21-17)13-5-3-2-4-6-13/h2-12H,1H3. The summed E-state index contributed by atoms with van der Waals surface area (Å²) in [4.78, 5) is 15.4. The summed E-state index contributed by atoms with van der Waals surface area (Å²) in [5.74, 6) is 1.09. The van der Waals surface area contributed by atoms with Crippen molar-refractivity contribution in [2.24, 2.45) is 0 Å². The first kappa shape index (κ1) is 18.6. The van der Waals surface area contributed by atoms with E-state index in [1.807, 2.05) is 18.2 Å². The van der Waals surface area contributed by atoms with Crippen LogP contribution >= 0.6 is 11.8 Å². The first-order valence-corrected chi connectivity index (χ1v) is 9.32. The van der Waals surface area contributed by atoms with Gasteiger partial charge in [-0.1, -0.05) is 30.3 Å². The van der Waals surface area contributed by atoms with Crippen molar-refractivity contribution in [3.05, 3.63) is 76.8 Å². The van der Waals surface area contributed by atoms with Crippen LogP contribution in [0.5, 0.6) is 5.75 Å². The first-order chi connectivity index (χ1) is 14.1. The molecule has 0 saturated carbocycles. The molecule has 0 bridgehead atoms. The van der Waals surface area contributed by atoms with Gasteiger partial charge < -0.3 is 9.15 Å². The molecular weight excluding hydrogens is 392 g/mol. The van der Waals surface area contributed by atoms with Gasteiger partial charge in [-0.15, -0.1) is 10.2 Å². The summed E-state index contributed by atoms with van der Waals surface area (Å²) in [6, 6.07) is 19.2. The van der Waals surface area contributed by atoms with E-state index in [0.29, 0.717) is 16.5 Å². The number of ether oxygens (including phenoxy) is 1. The fourth-order valence-electron chi connectivity index (χ4n) is 2.64. The summed E-state index contributed by atoms with van der Waals surface area (Å²) < 4.78 is 10.8. The molecule has 4 aromatic rings. The Morgan fingerprint density at radius 3 is 2.41 bits per heavy atom. The molecule has 2 aromatic carbocycles. The Bertz CT molecular complexity index is 1150. The van der Waals surface area contributed by atoms with Gasteiger partial charge in [0.25, 0.3) is 10.9 Å². The average molecular weight is 406 g/mol. The molecule has 0 amide bonds. The molecule has 0 radical (unpaired) electrons. The molecule has 0 spiro atoms. The van der Waals surface area contributed by atoms with Crippen LogP contribution in [0.25, 0.3) is 22.7 Å². The molecule has 2 aromatic heterocycles. The number of benzene rings is 2. The number of aromatic nitrogens is 3. The first-order valence-electron chi connectivity index (χ1n) is 8.50. The van der Waals surface area contributed by atoms with Crippen molar-refractivity contribution in [1.82, 2.24) is 15.2 Å². The molecule has 0 aliphatic carbocycles. The van der Waals surface area contributed by atoms with E-state index < -0.39 is 4.92 Å². The molecule has 4 rings (SSSR count). The van der Waals surface area contributed by atoms with Crippen molar-refractivity contribution in [2.75, 3.05) is 7.11 Å². The molecule has 0 aliphatic heterocycles. The largest absolute Gasteiger partial charge is 0.497 e. The molecule has 8 nitrogen and oxygen atoms in total. The monoisotopic (exact) mass is 406 g/mol. The van der Waals surface area contributed by atoms with Crippen molar-refractivity contribution in [3.8, 4) is 28.5 Å². The fourth-order valence-corrected chi connectivity index (χ4v) is 3.29. The average Bonchev–Trinajstić information content (AvgIpc) is 3.22. The summed E-state index contributed by atoms with van der Waals surface area (Å²) >= 11 is 1.14. The normalized spacial score (nSPS) is 10.7. The lowest BCUT2D eigenvalue weighted by Crippen LogP contribution is -1.95. The minimum atomic E-state index is -0.446. The van der Waals surface area contributed by atoms with Gasteiger partial charge in [0.2, 0.25) is 5.89 Å². The third-order valence-corrected chi connectivity index (χ3v) is 4.80. The predicted molar refractivity (Wildman–Crippen MR) is 107 cm³/mol. The van der Waals surface area contributed by atoms with Crippen molar-refractivity contribution in [3.63, 3.8) is 0 Å². The van der Waals surface area contributed by atoms with Gasteiger partial charge in [0.15, 0.2) is 0 Å². The number of pyridine rings is 1. The summed E-state index contributed by atoms with van der Waals surface area (Å²) in [5, 5.41) is 20.3. The highest BCUT2D eigenvalue weighted by Crippen LogP contribution is 2.34. The number of rotatable bonds is 6. The molecule has 29 heavy (non-hydrogen) atoms. The van der Waals surface area contributed by atoms with E-state index in [9.17, 15) is 10.1 Å². The zero-order valence-corrected chi connectivity index (χ0v) is 16.0. The van der Waals surface area contributed by atoms with Gasteiger partial charge in [-0.2, -0.15) is 0 Å². The highest BCUT2D eigenvalue weighted by atomic mass is 32.2. The number of hydrogen-bond acceptors (Lipinski definition) is 8. The lowest BCUT2D eigenvalue weighted by atomic mass is 10.1. The summed E-state index contributed by atoms with van der Waals surface area (Å²) in [6.45, 7) is 0. The third kappa shape index (κ3) is 4.09. The van der Waals surface area contributed by atoms with E-state index in [2.05, 4.69) is 15.2 Å². The number of hydrogen-bond donors (Lipinski definition) is 0. The zero-order chi connectivity index (χ0) is 20.2. The minimum absolute atomic E-state index is 0.0648. The summed E-state index contributed by atoms with van der Waals surface area (Å²) in [6.07, 6.45) is 0. The highest BCUT2D eigenvalue weighted by molar-refractivity contribution is 7.99. The molecule has 0 aliphatic rings. The Balaban J connectivity index is 1.61. The molecule has 2 heterocycles. The molecule has 0 fully saturated rings. The van der Waals surface area contributed by atoms with Gasteiger partial charge in [0, 0.05) is 17.2 Å². The highest BCUT2D eigenvalue weighted by Gasteiger charge is 2.19. The van der Waals surface area contributed by atoms with Crippen LogP contribution in [0, 0.1) is 10.1 Å². The second-order valence-corrected chi connectivity index (χ2v) is 6.82. The fraction of sp³-hybridized carbons (Fsp3) is 0.0500. The lowest BCUT2D eigenvalue weighted by molar-refractivity contribution is -0.384. The van der Waals surface area contributed by atoms with Crippen molar-refractivity contribution in [2.45, 2.75) is 10.2 Å². The van der Waals surface area contributed by atoms with E-state index in [1.165, 1.54) is 6.07 Å². The quantitative estimate of drug-likeness (QED) is 0.330. The Labute approximate surface area is 169 Å². The molecule has 144 valence electrons. The van der Waals surface area contributed by atoms with Crippen LogP contribution in [0.3, 0.4) is 0 Å². The van der Waals surface area contributed by atoms with E-state index in [0.717, 1.165) is 23.1 Å². The van der Waals surface area contributed by atoms with Gasteiger partial charge in [-0.3, -0.25) is 10.1 Å². The molecule has 9 heteroatoms. The molecule has 0 saturated heterocycles. The minimum Gasteiger partial charge on any atom is -0.497 e. The molecular formula is C20H14N4O4S. The van der Waals surface area contributed by atoms with E-state index in [4.69, 9.17) is 9.15 Å². The zero-order valence-electron chi connectivity index (χ0n) is 15.2. The third-order valence-electron chi connectivity index (χ3n) is 4.03. The SMILES string of the molecule is COc1ccc(-c2nnc(Sc3ccc([N+](=O)[O-])c(-c4ccccc4)n3)o2)cc1. The van der Waals surface area contributed by atoms with Crippen molar-refractivity contribution in [1.29, 1.82) is 0 Å². The van der Waals surface area contributed by atoms with E-state index >= 15 is 0 Å². The van der Waals surface area contributed by atoms with Gasteiger partial charge in [0.1, 0.15) is 16.5 Å². The molecule has 0 unspecified atom stereocenters. The van der Waals surface area contributed by atoms with E-state index in [-0.39, 0.29) is 16.6 Å². The van der Waals surface area contributed by atoms with Gasteiger partial charge >= 0.3 is 0 Å². The Kier molecular flexibility index (Phi) is 5.21. The Morgan fingerprint density at radius 2 is 1.72 bits per heavy atom. The van der Waals surface area contributed by atoms with Gasteiger partial charge in [0.05, 0.1) is 12.0 Å². The number of nitrogens with zero attached hydrogens (tertiary/aromatic N) is 4. The lowest BCUT2D eigenvalue weighted by Gasteiger charge is -2.04. The molecule has 0 N–H and O–H groups in total. The van der Waals surface area contributed by atoms with Gasteiger partial charge in [-0.05, 0) is 42.1 Å². The topological polar surface area (TPSA) is 104 Å². The van der Waals surface area contributed by atoms with Gasteiger partial charge in [-0.25, -0.2) is 4.98 Å². The number of methoxy groups -OCH3 is 1. The van der Waals surface area contributed by atoms with Crippen LogP contribution in [0.1, 0.15) is 0 Å². The maximum atomic E-state index is 11.4. The van der Waals surface area contributed by atoms with Crippen LogP contribution in [-0.4, -0.2) is 27.2 Å². The molecule has 0 atom stereocenters. The smallest absolute Gasteiger partial charge is 0.295 e. The Hall–Kier alpha value is -3.72. The van der Waals surface area contributed by atoms with Crippen LogP contribution in [0.4, 0.5) is 5.69 Å². The number of nitro groups is 1. The van der Waals surface area contributed by atoms with E-state index in [1.54, 1.807) is 49.6 Å². The van der Waals surface area contributed by atoms with Crippen molar-refractivity contribution < 1.29 is 14.1 Å². The van der Waals surface area contributed by atoms with Crippen LogP contribution in [-0.2, 0) is 0 Å². The summed E-state index contributed by atoms with van der Waals surface area (Å²) in [7, 11) is 1.59. The second-order valence-electron chi connectivity index (χ2n) is 5.84. The summed E-state index contributed by atoms with van der Waals surface area (Å²) in [5.41, 5.74) is 1.64. The maximum absolute atomic E-state index is 11.4.